The van der Waals surface area contributed by atoms with E-state index in [-0.39, 0.29) is 89.4 Å². The minimum atomic E-state index is -4.41. The molecule has 4 saturated heterocycles. The van der Waals surface area contributed by atoms with E-state index >= 15 is 0 Å². The third-order valence-electron chi connectivity index (χ3n) is 25.6. The van der Waals surface area contributed by atoms with Gasteiger partial charge < -0.3 is 24.5 Å². The molecule has 4 amide bonds. The topological polar surface area (TPSA) is 251 Å². The highest BCUT2D eigenvalue weighted by atomic mass is 32.2. The number of allylic oxidation sites excluding steroid dienone is 1. The Morgan fingerprint density at radius 3 is 0.976 bits per heavy atom. The number of piperidine rings is 4. The predicted molar refractivity (Wildman–Crippen MR) is 452 cm³/mol. The van der Waals surface area contributed by atoms with Crippen molar-refractivity contribution < 1.29 is 92.9 Å². The van der Waals surface area contributed by atoms with Crippen molar-refractivity contribution in [3.63, 3.8) is 0 Å². The number of alkyl halides is 12. The molecule has 12 heterocycles. The van der Waals surface area contributed by atoms with E-state index in [1.807, 2.05) is 18.5 Å². The second-order valence-corrected chi connectivity index (χ2v) is 40.1. The van der Waals surface area contributed by atoms with Gasteiger partial charge in [-0.05, 0) is 154 Å². The first-order chi connectivity index (χ1) is 59.6. The number of benzene rings is 4. The molecule has 4 fully saturated rings. The van der Waals surface area contributed by atoms with Crippen LogP contribution in [0.1, 0.15) is 220 Å². The maximum Gasteiger partial charge on any atom is 0.416 e. The van der Waals surface area contributed by atoms with E-state index in [1.165, 1.54) is 49.7 Å². The van der Waals surface area contributed by atoms with Crippen LogP contribution in [0, 0.1) is 0 Å². The van der Waals surface area contributed by atoms with Crippen LogP contribution in [0.4, 0.5) is 52.7 Å². The van der Waals surface area contributed by atoms with E-state index in [4.69, 9.17) is 0 Å². The van der Waals surface area contributed by atoms with Crippen LogP contribution in [0.15, 0.2) is 109 Å². The molecule has 0 N–H and O–H groups in total. The molecule has 8 aliphatic rings. The standard InChI is InChI=1S/C24H29F3N4O.C22H27F3N4O2S.C21H25F3N4O3S.C20H23F3N4O3S/c1-4-31-21-15-30(16(2)3)14-11-19(21)22(28-31)23(32)29-12-9-17(10-13-29)18-7-5-6-8-20(18)24(25,26)27;1-27-19-14-29(32(2,3)31)13-10-17(19)20(26-27)21(30)28-11-8-15(9-12-28)16-6-4-5-7-18(16)22(23,24)25;1-26-18-9-12-28(32(2,30)31)13-16(18)19(25-26)20(29)27-10-7-14(8-11-27)15-5-3-4-6-17(15)21(22,23)24;1-25-17-12-27(31(2,29)30)11-15(17)18(24-25)19(28)26-9-7-13(8-10-26)14-5-3-4-6-16(14)20(21,22)23/h5-8,17H,2,4,9-15H2,1,3H3;4-7,15H,2,8-14H2,1,3H3;3-6,14H,7-13H2,1-2H3;3-6,13H,7-12H2,1-2H3. The van der Waals surface area contributed by atoms with Gasteiger partial charge in [-0.25, -0.2) is 21.1 Å². The summed E-state index contributed by atoms with van der Waals surface area (Å²) in [6, 6.07) is 22.7. The number of carbonyl (C=O) groups is 4. The number of likely N-dealkylation sites (tertiary alicyclic amines) is 4. The lowest BCUT2D eigenvalue weighted by molar-refractivity contribution is -0.139. The predicted octanol–water partition coefficient (Wildman–Crippen LogP) is 13.4. The van der Waals surface area contributed by atoms with Crippen LogP contribution in [0.5, 0.6) is 0 Å². The molecule has 16 rings (SSSR count). The van der Waals surface area contributed by atoms with Crippen LogP contribution >= 0.6 is 0 Å². The van der Waals surface area contributed by atoms with Crippen molar-refractivity contribution >= 4 is 59.3 Å². The summed E-state index contributed by atoms with van der Waals surface area (Å²) >= 11 is 0. The highest BCUT2D eigenvalue weighted by Crippen LogP contribution is 2.45. The van der Waals surface area contributed by atoms with Gasteiger partial charge in [0.15, 0.2) is 22.8 Å². The zero-order valence-electron chi connectivity index (χ0n) is 71.9. The van der Waals surface area contributed by atoms with Crippen molar-refractivity contribution in [2.45, 2.75) is 172 Å². The minimum absolute atomic E-state index is 0.0957. The fourth-order valence-corrected chi connectivity index (χ4v) is 21.1. The van der Waals surface area contributed by atoms with E-state index in [1.54, 1.807) is 97.1 Å². The van der Waals surface area contributed by atoms with Crippen molar-refractivity contribution in [2.24, 2.45) is 21.1 Å². The Kier molecular flexibility index (Phi) is 27.8. The van der Waals surface area contributed by atoms with Crippen molar-refractivity contribution in [2.75, 3.05) is 90.8 Å². The number of amides is 4. The third kappa shape index (κ3) is 20.9. The van der Waals surface area contributed by atoms with Gasteiger partial charge >= 0.3 is 24.7 Å². The summed E-state index contributed by atoms with van der Waals surface area (Å²) in [7, 11) is -3.99. The fourth-order valence-electron chi connectivity index (χ4n) is 18.7. The number of fused-ring (bicyclic) bond motifs is 4. The van der Waals surface area contributed by atoms with Crippen molar-refractivity contribution in [3.8, 4) is 0 Å². The summed E-state index contributed by atoms with van der Waals surface area (Å²) in [6.07, 6.45) is -8.31. The number of aryl methyl sites for hydroxylation is 4. The number of nitrogens with zero attached hydrogens (tertiary/aromatic N) is 16. The van der Waals surface area contributed by atoms with Gasteiger partial charge in [0.1, 0.15) is 0 Å². The quantitative estimate of drug-likeness (QED) is 0.0769. The molecule has 1 atom stereocenters. The van der Waals surface area contributed by atoms with Gasteiger partial charge in [-0.1, -0.05) is 79.4 Å². The van der Waals surface area contributed by atoms with Crippen molar-refractivity contribution in [3.05, 3.63) is 222 Å². The number of hydrogen-bond donors (Lipinski definition) is 0. The number of aromatic nitrogens is 8. The summed E-state index contributed by atoms with van der Waals surface area (Å²) in [5.74, 6) is 1.82. The molecule has 25 nitrogen and oxygen atoms in total. The Morgan fingerprint density at radius 2 is 0.646 bits per heavy atom. The van der Waals surface area contributed by atoms with E-state index in [9.17, 15) is 92.9 Å². The fraction of sp³-hybridized carbons (Fsp3) is 0.506. The van der Waals surface area contributed by atoms with Gasteiger partial charge in [-0.3, -0.25) is 42.1 Å². The molecule has 0 bridgehead atoms. The van der Waals surface area contributed by atoms with Crippen LogP contribution in [0.25, 0.3) is 0 Å². The van der Waals surface area contributed by atoms with E-state index in [2.05, 4.69) is 37.7 Å². The molecular weight excluding hydrogens is 1740 g/mol. The Balaban J connectivity index is 0.000000145. The molecular formula is C87H104F12N16O9S3. The Hall–Kier alpha value is -9.90. The lowest BCUT2D eigenvalue weighted by atomic mass is 9.86. The molecule has 4 aromatic carbocycles. The first-order valence-corrected chi connectivity index (χ1v) is 47.8. The van der Waals surface area contributed by atoms with E-state index in [0.29, 0.717) is 189 Å². The smallest absolute Gasteiger partial charge is 0.369 e. The van der Waals surface area contributed by atoms with Crippen LogP contribution in [0.3, 0.4) is 0 Å². The van der Waals surface area contributed by atoms with Gasteiger partial charge in [0, 0.05) is 169 Å². The summed E-state index contributed by atoms with van der Waals surface area (Å²) < 4.78 is 232. The highest BCUT2D eigenvalue weighted by molar-refractivity contribution is 7.97. The number of carbonyl (C=O) groups excluding carboxylic acids is 4. The Labute approximate surface area is 730 Å². The lowest BCUT2D eigenvalue weighted by Gasteiger charge is -2.33. The van der Waals surface area contributed by atoms with E-state index < -0.39 is 76.7 Å². The molecule has 0 aliphatic carbocycles. The molecule has 4 aromatic heterocycles. The van der Waals surface area contributed by atoms with Crippen molar-refractivity contribution in [1.82, 2.24) is 76.5 Å². The summed E-state index contributed by atoms with van der Waals surface area (Å²) in [5, 5.41) is 17.7. The SMILES string of the molecule is C=C(C)N1CCc2c(C(=O)N3CCC(c4ccccc4C(F)(F)F)CC3)nn(CC)c2C1.C=S(C)(=O)N1CCc2c(C(=O)N3CCC(c4ccccc4C(F)(F)F)CC3)nn(C)c2C1.Cn1nc(C(=O)N2CCC(c3ccccc3C(F)(F)F)CC2)c2c1CCN(S(C)(=O)=O)C2.Cn1nc(C(=O)N2CCC(c3ccccc3C(F)(F)F)CC2)c2c1CN(S(C)(=O)=O)C2. The second kappa shape index (κ2) is 37.3. The molecule has 40 heteroatoms. The van der Waals surface area contributed by atoms with Crippen LogP contribution in [0.2, 0.25) is 0 Å². The number of hydrogen-bond acceptors (Lipinski definition) is 14. The zero-order valence-corrected chi connectivity index (χ0v) is 74.3. The molecule has 688 valence electrons. The Morgan fingerprint density at radius 1 is 0.362 bits per heavy atom. The minimum Gasteiger partial charge on any atom is -0.369 e. The maximum atomic E-state index is 13.4. The average molecular weight is 1840 g/mol. The van der Waals surface area contributed by atoms with Crippen molar-refractivity contribution in [1.29, 1.82) is 0 Å². The normalized spacial score (nSPS) is 18.6. The third-order valence-corrected chi connectivity index (χ3v) is 29.4. The van der Waals surface area contributed by atoms with Gasteiger partial charge in [-0.15, -0.1) is 0 Å². The average Bonchev–Trinajstić information content (AvgIpc) is 1.64. The number of rotatable bonds is 13. The number of sulfonamides is 2. The van der Waals surface area contributed by atoms with Crippen LogP contribution in [-0.4, -0.2) is 218 Å². The van der Waals surface area contributed by atoms with Gasteiger partial charge in [-0.2, -0.15) is 81.7 Å². The van der Waals surface area contributed by atoms with Gasteiger partial charge in [0.2, 0.25) is 20.0 Å². The Bertz CT molecular complexity index is 5810. The lowest BCUT2D eigenvalue weighted by Crippen LogP contribution is -2.40. The highest BCUT2D eigenvalue weighted by Gasteiger charge is 2.45. The molecule has 127 heavy (non-hydrogen) atoms. The van der Waals surface area contributed by atoms with Gasteiger partial charge in [0.25, 0.3) is 23.6 Å². The van der Waals surface area contributed by atoms with Crippen LogP contribution < -0.4 is 0 Å². The summed E-state index contributed by atoms with van der Waals surface area (Å²) in [6.45, 7) is 14.7. The first kappa shape index (κ1) is 94.7. The van der Waals surface area contributed by atoms with Crippen LogP contribution in [-0.2, 0) is 134 Å². The summed E-state index contributed by atoms with van der Waals surface area (Å²) in [4.78, 5) is 61.7. The maximum absolute atomic E-state index is 13.4. The molecule has 8 aliphatic heterocycles. The zero-order chi connectivity index (χ0) is 92.1. The number of halogens is 12. The molecule has 0 saturated carbocycles. The molecule has 0 spiro atoms. The molecule has 1 unspecified atom stereocenters. The van der Waals surface area contributed by atoms with Gasteiger partial charge in [0.05, 0.1) is 71.5 Å². The first-order valence-electron chi connectivity index (χ1n) is 42.0. The largest absolute Gasteiger partial charge is 0.416 e. The summed E-state index contributed by atoms with van der Waals surface area (Å²) in [5.41, 5.74) is 7.60. The second-order valence-electron chi connectivity index (χ2n) is 33.7. The van der Waals surface area contributed by atoms with E-state index in [0.717, 1.165) is 83.6 Å². The monoisotopic (exact) mass is 1840 g/mol. The molecule has 8 aromatic rings. The molecule has 0 radical (unpaired) electrons.